The first-order valence-electron chi connectivity index (χ1n) is 8.16. The third kappa shape index (κ3) is 3.51. The number of hydrogen-bond donors (Lipinski definition) is 2. The van der Waals surface area contributed by atoms with Crippen molar-refractivity contribution in [3.8, 4) is 5.75 Å². The molecule has 7 heteroatoms. The van der Waals surface area contributed by atoms with Crippen molar-refractivity contribution in [3.63, 3.8) is 0 Å². The molecule has 2 aromatic carbocycles. The van der Waals surface area contributed by atoms with Gasteiger partial charge in [-0.25, -0.2) is 4.79 Å². The number of para-hydroxylation sites is 3. The van der Waals surface area contributed by atoms with Crippen LogP contribution in [0.5, 0.6) is 5.75 Å². The summed E-state index contributed by atoms with van der Waals surface area (Å²) in [6, 6.07) is 13.3. The number of nitrogens with one attached hydrogen (secondary N) is 1. The SMILES string of the molecule is CC1Oc2ccccc2N(CCC(=O)Nc2ccccc2C(=O)O)C1=O. The summed E-state index contributed by atoms with van der Waals surface area (Å²) in [6.07, 6.45) is -0.596. The van der Waals surface area contributed by atoms with E-state index in [1.165, 1.54) is 17.0 Å². The normalized spacial score (nSPS) is 15.8. The van der Waals surface area contributed by atoms with Gasteiger partial charge in [0, 0.05) is 13.0 Å². The Balaban J connectivity index is 1.70. The molecule has 0 aromatic heterocycles. The van der Waals surface area contributed by atoms with Gasteiger partial charge in [-0.1, -0.05) is 24.3 Å². The second-order valence-electron chi connectivity index (χ2n) is 5.87. The number of rotatable bonds is 5. The van der Waals surface area contributed by atoms with Gasteiger partial charge >= 0.3 is 5.97 Å². The molecule has 2 amide bonds. The van der Waals surface area contributed by atoms with Crippen molar-refractivity contribution in [2.75, 3.05) is 16.8 Å². The summed E-state index contributed by atoms with van der Waals surface area (Å²) in [5.74, 6) is -1.12. The zero-order valence-corrected chi connectivity index (χ0v) is 14.1. The average molecular weight is 354 g/mol. The van der Waals surface area contributed by atoms with E-state index in [1.54, 1.807) is 37.3 Å². The van der Waals surface area contributed by atoms with Crippen molar-refractivity contribution in [3.05, 3.63) is 54.1 Å². The lowest BCUT2D eigenvalue weighted by atomic mass is 10.1. The van der Waals surface area contributed by atoms with Crippen LogP contribution < -0.4 is 15.0 Å². The lowest BCUT2D eigenvalue weighted by molar-refractivity contribution is -0.125. The molecule has 134 valence electrons. The Labute approximate surface area is 150 Å². The van der Waals surface area contributed by atoms with E-state index in [0.717, 1.165) is 0 Å². The van der Waals surface area contributed by atoms with Gasteiger partial charge in [-0.05, 0) is 31.2 Å². The number of amides is 2. The molecule has 0 saturated heterocycles. The molecule has 0 fully saturated rings. The molecule has 1 atom stereocenters. The quantitative estimate of drug-likeness (QED) is 0.860. The Kier molecular flexibility index (Phi) is 4.88. The molecule has 3 rings (SSSR count). The lowest BCUT2D eigenvalue weighted by Crippen LogP contribution is -2.45. The molecule has 0 bridgehead atoms. The summed E-state index contributed by atoms with van der Waals surface area (Å²) in [5.41, 5.74) is 0.865. The molecule has 26 heavy (non-hydrogen) atoms. The van der Waals surface area contributed by atoms with Gasteiger partial charge in [0.05, 0.1) is 16.9 Å². The minimum atomic E-state index is -1.12. The summed E-state index contributed by atoms with van der Waals surface area (Å²) in [5, 5.41) is 11.8. The molecule has 1 aliphatic rings. The molecule has 0 saturated carbocycles. The predicted molar refractivity (Wildman–Crippen MR) is 95.5 cm³/mol. The van der Waals surface area contributed by atoms with Crippen LogP contribution in [0.25, 0.3) is 0 Å². The molecular weight excluding hydrogens is 336 g/mol. The van der Waals surface area contributed by atoms with Crippen molar-refractivity contribution in [1.29, 1.82) is 0 Å². The summed E-state index contributed by atoms with van der Waals surface area (Å²) in [6.45, 7) is 1.83. The van der Waals surface area contributed by atoms with Gasteiger partial charge in [0.15, 0.2) is 6.10 Å². The highest BCUT2D eigenvalue weighted by Crippen LogP contribution is 2.33. The van der Waals surface area contributed by atoms with Crippen LogP contribution in [0.15, 0.2) is 48.5 Å². The molecule has 2 N–H and O–H groups in total. The number of nitrogens with zero attached hydrogens (tertiary/aromatic N) is 1. The molecule has 7 nitrogen and oxygen atoms in total. The van der Waals surface area contributed by atoms with Crippen LogP contribution in [0.1, 0.15) is 23.7 Å². The van der Waals surface area contributed by atoms with Crippen molar-refractivity contribution in [2.24, 2.45) is 0 Å². The Hall–Kier alpha value is -3.35. The highest BCUT2D eigenvalue weighted by Gasteiger charge is 2.31. The highest BCUT2D eigenvalue weighted by atomic mass is 16.5. The molecule has 0 aliphatic carbocycles. The summed E-state index contributed by atoms with van der Waals surface area (Å²) in [7, 11) is 0. The average Bonchev–Trinajstić information content (AvgIpc) is 2.62. The van der Waals surface area contributed by atoms with E-state index in [9.17, 15) is 14.4 Å². The van der Waals surface area contributed by atoms with Crippen molar-refractivity contribution < 1.29 is 24.2 Å². The number of fused-ring (bicyclic) bond motifs is 1. The highest BCUT2D eigenvalue weighted by molar-refractivity contribution is 6.02. The summed E-state index contributed by atoms with van der Waals surface area (Å²) < 4.78 is 5.56. The van der Waals surface area contributed by atoms with Crippen LogP contribution in [-0.4, -0.2) is 35.5 Å². The molecule has 1 aliphatic heterocycles. The number of hydrogen-bond acceptors (Lipinski definition) is 4. The van der Waals surface area contributed by atoms with Crippen LogP contribution in [0.4, 0.5) is 11.4 Å². The van der Waals surface area contributed by atoms with E-state index in [4.69, 9.17) is 9.84 Å². The third-order valence-electron chi connectivity index (χ3n) is 4.07. The van der Waals surface area contributed by atoms with E-state index in [-0.39, 0.29) is 36.0 Å². The van der Waals surface area contributed by atoms with Crippen molar-refractivity contribution in [1.82, 2.24) is 0 Å². The Morgan fingerprint density at radius 3 is 2.62 bits per heavy atom. The first-order valence-corrected chi connectivity index (χ1v) is 8.16. The standard InChI is InChI=1S/C19H18N2O5/c1-12-18(23)21(15-8-4-5-9-16(15)26-12)11-10-17(22)20-14-7-3-2-6-13(14)19(24)25/h2-9,12H,10-11H2,1H3,(H,20,22)(H,24,25). The van der Waals surface area contributed by atoms with Gasteiger partial charge in [0.25, 0.3) is 5.91 Å². The second-order valence-corrected chi connectivity index (χ2v) is 5.87. The molecule has 1 heterocycles. The van der Waals surface area contributed by atoms with Crippen LogP contribution in [-0.2, 0) is 9.59 Å². The number of carbonyl (C=O) groups excluding carboxylic acids is 2. The van der Waals surface area contributed by atoms with Crippen molar-refractivity contribution >= 4 is 29.2 Å². The van der Waals surface area contributed by atoms with Gasteiger partial charge in [-0.15, -0.1) is 0 Å². The smallest absolute Gasteiger partial charge is 0.337 e. The zero-order chi connectivity index (χ0) is 18.7. The van der Waals surface area contributed by atoms with Crippen LogP contribution in [0, 0.1) is 0 Å². The summed E-state index contributed by atoms with van der Waals surface area (Å²) in [4.78, 5) is 37.4. The summed E-state index contributed by atoms with van der Waals surface area (Å²) >= 11 is 0. The fourth-order valence-corrected chi connectivity index (χ4v) is 2.79. The minimum Gasteiger partial charge on any atom is -0.479 e. The molecule has 2 aromatic rings. The van der Waals surface area contributed by atoms with Gasteiger partial charge < -0.3 is 20.1 Å². The maximum atomic E-state index is 12.4. The van der Waals surface area contributed by atoms with E-state index < -0.39 is 12.1 Å². The number of ether oxygens (including phenoxy) is 1. The first-order chi connectivity index (χ1) is 12.5. The molecule has 1 unspecified atom stereocenters. The maximum Gasteiger partial charge on any atom is 0.337 e. The minimum absolute atomic E-state index is 0.0160. The fraction of sp³-hybridized carbons (Fsp3) is 0.211. The van der Waals surface area contributed by atoms with Crippen LogP contribution in [0.2, 0.25) is 0 Å². The number of carboxylic acid groups (broad SMARTS) is 1. The van der Waals surface area contributed by atoms with Gasteiger partial charge in [-0.2, -0.15) is 0 Å². The van der Waals surface area contributed by atoms with Gasteiger partial charge in [0.1, 0.15) is 5.75 Å². The Morgan fingerprint density at radius 1 is 1.15 bits per heavy atom. The molecule has 0 spiro atoms. The third-order valence-corrected chi connectivity index (χ3v) is 4.07. The van der Waals surface area contributed by atoms with Crippen LogP contribution in [0.3, 0.4) is 0 Å². The van der Waals surface area contributed by atoms with Gasteiger partial charge in [-0.3, -0.25) is 9.59 Å². The fourth-order valence-electron chi connectivity index (χ4n) is 2.79. The lowest BCUT2D eigenvalue weighted by Gasteiger charge is -2.32. The van der Waals surface area contributed by atoms with E-state index in [0.29, 0.717) is 11.4 Å². The zero-order valence-electron chi connectivity index (χ0n) is 14.1. The Morgan fingerprint density at radius 2 is 1.85 bits per heavy atom. The molecular formula is C19H18N2O5. The number of aromatic carboxylic acids is 1. The maximum absolute atomic E-state index is 12.4. The number of carboxylic acids is 1. The first kappa shape index (κ1) is 17.5. The Bertz CT molecular complexity index is 865. The number of carbonyl (C=O) groups is 3. The van der Waals surface area contributed by atoms with E-state index >= 15 is 0 Å². The number of benzene rings is 2. The van der Waals surface area contributed by atoms with Crippen LogP contribution >= 0.6 is 0 Å². The molecule has 0 radical (unpaired) electrons. The monoisotopic (exact) mass is 354 g/mol. The second kappa shape index (κ2) is 7.26. The van der Waals surface area contributed by atoms with Crippen molar-refractivity contribution in [2.45, 2.75) is 19.4 Å². The number of anilines is 2. The topological polar surface area (TPSA) is 95.9 Å². The van der Waals surface area contributed by atoms with E-state index in [2.05, 4.69) is 5.32 Å². The predicted octanol–water partition coefficient (Wildman–Crippen LogP) is 2.53. The largest absolute Gasteiger partial charge is 0.479 e. The van der Waals surface area contributed by atoms with E-state index in [1.807, 2.05) is 6.07 Å². The van der Waals surface area contributed by atoms with Gasteiger partial charge in [0.2, 0.25) is 5.91 Å².